The number of benzene rings is 10. The predicted molar refractivity (Wildman–Crippen MR) is 573 cm³/mol. The van der Waals surface area contributed by atoms with Crippen LogP contribution >= 0.6 is 0 Å². The fourth-order valence-electron chi connectivity index (χ4n) is 21.3. The molecule has 0 saturated carbocycles. The van der Waals surface area contributed by atoms with Crippen LogP contribution in [0.1, 0.15) is 156 Å². The second kappa shape index (κ2) is 45.1. The van der Waals surface area contributed by atoms with Gasteiger partial charge in [0.15, 0.2) is 0 Å². The summed E-state index contributed by atoms with van der Waals surface area (Å²) in [5, 5.41) is 0. The predicted octanol–water partition coefficient (Wildman–Crippen LogP) is 29.4. The first-order valence-electron chi connectivity index (χ1n) is 49.1. The van der Waals surface area contributed by atoms with Crippen LogP contribution in [0.4, 0.5) is 0 Å². The Bertz CT molecular complexity index is 7410. The van der Waals surface area contributed by atoms with Gasteiger partial charge in [-0.25, -0.2) is 0 Å². The van der Waals surface area contributed by atoms with Crippen molar-refractivity contribution in [1.29, 1.82) is 0 Å². The number of rotatable bonds is 4. The molecule has 0 fully saturated rings. The smallest absolute Gasteiger partial charge is 0.0425 e. The van der Waals surface area contributed by atoms with Gasteiger partial charge in [-0.2, -0.15) is 0 Å². The molecule has 8 aliphatic rings. The largest absolute Gasteiger partial charge is 0.305 e. The third kappa shape index (κ3) is 20.5. The van der Waals surface area contributed by atoms with E-state index < -0.39 is 0 Å². The zero-order chi connectivity index (χ0) is 97.1. The molecule has 10 aromatic carbocycles. The van der Waals surface area contributed by atoms with E-state index in [1.807, 2.05) is 209 Å². The molecule has 0 saturated heterocycles. The van der Waals surface area contributed by atoms with E-state index in [4.69, 9.17) is 0 Å². The molecule has 0 amide bonds. The second-order valence-corrected chi connectivity index (χ2v) is 39.1. The third-order valence-electron chi connectivity index (χ3n) is 30.0. The number of aromatic nitrogens is 10. The molecule has 0 N–H and O–H groups in total. The average Bonchev–Trinajstić information content (AvgIpc) is 1.03. The van der Waals surface area contributed by atoms with Gasteiger partial charge in [0, 0.05) is 153 Å². The molecule has 146 heavy (non-hydrogen) atoms. The van der Waals surface area contributed by atoms with Crippen LogP contribution in [0.5, 0.6) is 0 Å². The summed E-state index contributed by atoms with van der Waals surface area (Å²) in [6.07, 6.45) is 22.9. The maximum atomic E-state index is 4.67. The molecular weight excluding hydrogens is 2490 g/mol. The Hall–Kier alpha value is -13.7. The van der Waals surface area contributed by atoms with Crippen molar-refractivity contribution in [1.82, 2.24) is 49.8 Å². The van der Waals surface area contributed by atoms with Gasteiger partial charge < -0.3 is 39.9 Å². The Morgan fingerprint density at radius 3 is 0.822 bits per heavy atom. The summed E-state index contributed by atoms with van der Waals surface area (Å²) in [4.78, 5) is 45.2. The fourth-order valence-corrected chi connectivity index (χ4v) is 21.3. The van der Waals surface area contributed by atoms with Crippen LogP contribution in [0.3, 0.4) is 0 Å². The van der Waals surface area contributed by atoms with Crippen molar-refractivity contribution in [3.63, 3.8) is 0 Å². The zero-order valence-corrected chi connectivity index (χ0v) is 92.7. The quantitative estimate of drug-likeness (QED) is 0.157. The monoisotopic (exact) mass is 2600 g/mol. The van der Waals surface area contributed by atoms with Gasteiger partial charge in [-0.1, -0.05) is 246 Å². The third-order valence-corrected chi connectivity index (χ3v) is 30.0. The fraction of sp³-hybridized carbons (Fsp3) is 0.167. The van der Waals surface area contributed by atoms with Crippen LogP contribution in [-0.2, 0) is 153 Å². The zero-order valence-electron chi connectivity index (χ0n) is 83.1. The van der Waals surface area contributed by atoms with Crippen molar-refractivity contribution >= 4 is 0 Å². The van der Waals surface area contributed by atoms with E-state index in [2.05, 4.69) is 324 Å². The van der Waals surface area contributed by atoms with Gasteiger partial charge in [0.25, 0.3) is 0 Å². The normalized spacial score (nSPS) is 13.6. The Morgan fingerprint density at radius 2 is 0.466 bits per heavy atom. The maximum Gasteiger partial charge on any atom is 0.0425 e. The van der Waals surface area contributed by atoms with Crippen molar-refractivity contribution < 1.29 is 80.4 Å². The van der Waals surface area contributed by atoms with Crippen LogP contribution in [0.2, 0.25) is 0 Å². The van der Waals surface area contributed by atoms with Crippen molar-refractivity contribution in [3.8, 4) is 135 Å². The van der Waals surface area contributed by atoms with Gasteiger partial charge >= 0.3 is 0 Å². The van der Waals surface area contributed by atoms with Crippen LogP contribution in [0, 0.1) is 62.4 Å². The van der Waals surface area contributed by atoms with Crippen molar-refractivity contribution in [2.24, 2.45) is 0 Å². The molecular formula is C132H106Ir4N10-8. The van der Waals surface area contributed by atoms with Gasteiger partial charge in [0.1, 0.15) is 0 Å². The number of nitrogens with zero attached hydrogens (tertiary/aromatic N) is 10. The summed E-state index contributed by atoms with van der Waals surface area (Å²) < 4.78 is 0. The Balaban J connectivity index is 0.000000114. The Kier molecular flexibility index (Phi) is 32.0. The summed E-state index contributed by atoms with van der Waals surface area (Å²) in [7, 11) is 0. The van der Waals surface area contributed by atoms with Crippen LogP contribution in [0.15, 0.2) is 365 Å². The van der Waals surface area contributed by atoms with E-state index in [9.17, 15) is 0 Å². The number of hydrogen-bond acceptors (Lipinski definition) is 10. The van der Waals surface area contributed by atoms with Crippen LogP contribution in [-0.4, -0.2) is 49.8 Å². The molecule has 10 heterocycles. The summed E-state index contributed by atoms with van der Waals surface area (Å²) in [5.74, 6) is 0. The molecule has 14 heteroatoms. The minimum atomic E-state index is 0. The summed E-state index contributed by atoms with van der Waals surface area (Å²) in [6, 6.07) is 135. The van der Waals surface area contributed by atoms with Crippen molar-refractivity contribution in [2.75, 3.05) is 0 Å². The summed E-state index contributed by atoms with van der Waals surface area (Å²) >= 11 is 0. The minimum absolute atomic E-state index is 0. The standard InChI is InChI=1S/2C18H13N2.2C18H12N.2C17H18N.2C13H10N.4Ir/c2*1-12-8-9-15-13-5-4-6-14(16(13)11-18(15)20-12)17-7-2-3-10-19-17;2*1-2-7-14-13(6-1)12-17-15(14)8-5-9-16(17)18-10-3-4-11-19-18;2*1-16(2)13-9-6-5-8-12(13)15-14(17(16,3)4)10-7-11-18-15;2*1-2-6-12-10(4-1)7-8-11-5-3-9-14-13(11)12;;;;/h2*2-5,7-10H,11H2,1H3;2*1-8,10-11H,12H2;2*5-7,9-11H,1-4H3;2*1-5,9H,7-8H2;;;;/q8*-1;;;;. The number of pyridine rings is 10. The minimum Gasteiger partial charge on any atom is -0.305 e. The average molecular weight is 2600 g/mol. The van der Waals surface area contributed by atoms with Crippen LogP contribution in [0.25, 0.3) is 135 Å². The molecule has 28 rings (SSSR count). The van der Waals surface area contributed by atoms with Crippen molar-refractivity contribution in [3.05, 3.63) is 514 Å². The molecule has 0 aliphatic heterocycles. The summed E-state index contributed by atoms with van der Waals surface area (Å²) in [6.45, 7) is 22.6. The molecule has 0 atom stereocenters. The molecule has 0 spiro atoms. The van der Waals surface area contributed by atoms with E-state index in [-0.39, 0.29) is 102 Å². The Labute approximate surface area is 913 Å². The Morgan fingerprint density at radius 1 is 0.199 bits per heavy atom. The molecule has 0 bridgehead atoms. The molecule has 10 aromatic heterocycles. The summed E-state index contributed by atoms with van der Waals surface area (Å²) in [5.41, 5.74) is 51.6. The van der Waals surface area contributed by atoms with E-state index in [0.29, 0.717) is 0 Å². The topological polar surface area (TPSA) is 129 Å². The number of aryl methyl sites for hydroxylation is 6. The molecule has 20 aromatic rings. The number of fused-ring (bicyclic) bond motifs is 24. The second-order valence-electron chi connectivity index (χ2n) is 39.1. The van der Waals surface area contributed by atoms with E-state index in [1.165, 1.54) is 134 Å². The van der Waals surface area contributed by atoms with Gasteiger partial charge in [-0.05, 0) is 214 Å². The first kappa shape index (κ1) is 104. The SMILES string of the molecule is CC1(C)c2ccc[c-]c2-c2ncccc2C1(C)C.CC1(C)c2ccc[c-]c2-c2ncccc2C1(C)C.Cc1ccc2c(n1)Cc1c(-c3ccccn3)[c-]ccc1-2.Cc1ccc2c(n1)Cc1c(-c3ccccn3)[c-]ccc1-2.[Ir].[Ir].[Ir].[Ir].[c-]1ccc2c(c1-c1ccccn1)Cc1ccccc1-2.[c-]1ccc2c(c1-c1ccccn1)Cc1ccccc1-2.[c-]1cccc2c1-c1ncccc1CC2.[c-]1cccc2c1-c1ncccc1CC2. The molecule has 728 valence electrons. The number of hydrogen-bond donors (Lipinski definition) is 0. The van der Waals surface area contributed by atoms with Crippen molar-refractivity contribution in [2.45, 2.75) is 142 Å². The van der Waals surface area contributed by atoms with Gasteiger partial charge in [0.05, 0.1) is 0 Å². The molecule has 8 aliphatic carbocycles. The molecule has 10 nitrogen and oxygen atoms in total. The molecule has 0 unspecified atom stereocenters. The van der Waals surface area contributed by atoms with E-state index >= 15 is 0 Å². The first-order valence-corrected chi connectivity index (χ1v) is 49.1. The van der Waals surface area contributed by atoms with Crippen LogP contribution < -0.4 is 0 Å². The van der Waals surface area contributed by atoms with Gasteiger partial charge in [-0.3, -0.25) is 9.97 Å². The van der Waals surface area contributed by atoms with Gasteiger partial charge in [0.2, 0.25) is 0 Å². The van der Waals surface area contributed by atoms with E-state index in [0.717, 1.165) is 153 Å². The van der Waals surface area contributed by atoms with Gasteiger partial charge in [-0.15, -0.1) is 259 Å². The van der Waals surface area contributed by atoms with E-state index in [1.54, 1.807) is 0 Å². The molecule has 4 radical (unpaired) electrons. The first-order chi connectivity index (χ1) is 69.3. The maximum absolute atomic E-state index is 4.67.